The molecule has 0 aliphatic carbocycles. The summed E-state index contributed by atoms with van der Waals surface area (Å²) in [5, 5.41) is 4.61. The summed E-state index contributed by atoms with van der Waals surface area (Å²) >= 11 is 4.38. The summed E-state index contributed by atoms with van der Waals surface area (Å²) in [4.78, 5) is 13.7. The van der Waals surface area contributed by atoms with E-state index in [2.05, 4.69) is 38.5 Å². The summed E-state index contributed by atoms with van der Waals surface area (Å²) in [6, 6.07) is 1.97. The third kappa shape index (κ3) is 2.34. The lowest BCUT2D eigenvalue weighted by atomic mass is 10.1. The van der Waals surface area contributed by atoms with Crippen molar-refractivity contribution in [3.05, 3.63) is 11.8 Å². The van der Waals surface area contributed by atoms with Crippen molar-refractivity contribution in [1.29, 1.82) is 0 Å². The zero-order chi connectivity index (χ0) is 12.8. The Morgan fingerprint density at radius 2 is 2.12 bits per heavy atom. The summed E-state index contributed by atoms with van der Waals surface area (Å²) in [7, 11) is 0. The molecule has 0 N–H and O–H groups in total. The van der Waals surface area contributed by atoms with Crippen LogP contribution in [0.5, 0.6) is 0 Å². The van der Waals surface area contributed by atoms with Crippen LogP contribution in [-0.2, 0) is 10.3 Å². The molecule has 1 aromatic rings. The van der Waals surface area contributed by atoms with Crippen molar-refractivity contribution >= 4 is 24.4 Å². The van der Waals surface area contributed by atoms with Gasteiger partial charge < -0.3 is 0 Å². The molecule has 0 spiro atoms. The molecule has 0 radical (unpaired) electrons. The number of thiol groups is 1. The first-order chi connectivity index (χ1) is 7.79. The highest BCUT2D eigenvalue weighted by Gasteiger charge is 2.32. The molecular formula is C12H19N3OS. The van der Waals surface area contributed by atoms with E-state index in [0.29, 0.717) is 13.0 Å². The minimum Gasteiger partial charge on any atom is -0.296 e. The Kier molecular flexibility index (Phi) is 2.97. The highest BCUT2D eigenvalue weighted by atomic mass is 32.1. The normalized spacial score (nSPS) is 21.4. The highest BCUT2D eigenvalue weighted by molar-refractivity contribution is 7.81. The maximum absolute atomic E-state index is 11.9. The van der Waals surface area contributed by atoms with Gasteiger partial charge >= 0.3 is 0 Å². The average molecular weight is 253 g/mol. The summed E-state index contributed by atoms with van der Waals surface area (Å²) < 4.78 is 1.92. The maximum atomic E-state index is 11.9. The zero-order valence-electron chi connectivity index (χ0n) is 10.8. The van der Waals surface area contributed by atoms with Crippen molar-refractivity contribution in [3.8, 4) is 0 Å². The van der Waals surface area contributed by atoms with E-state index in [1.807, 2.05) is 17.7 Å². The van der Waals surface area contributed by atoms with Crippen molar-refractivity contribution in [2.45, 2.75) is 44.9 Å². The number of anilines is 1. The lowest BCUT2D eigenvalue weighted by Gasteiger charge is -2.26. The Morgan fingerprint density at radius 3 is 2.59 bits per heavy atom. The Labute approximate surface area is 107 Å². The van der Waals surface area contributed by atoms with Gasteiger partial charge in [-0.05, 0) is 27.7 Å². The van der Waals surface area contributed by atoms with Crippen LogP contribution in [-0.4, -0.2) is 27.5 Å². The van der Waals surface area contributed by atoms with Gasteiger partial charge in [-0.1, -0.05) is 0 Å². The number of aryl methyl sites for hydroxylation is 1. The second-order valence-corrected chi connectivity index (χ2v) is 6.32. The molecule has 1 saturated heterocycles. The molecule has 5 heteroatoms. The molecule has 1 aliphatic rings. The zero-order valence-corrected chi connectivity index (χ0v) is 11.7. The minimum atomic E-state index is -0.126. The first kappa shape index (κ1) is 12.5. The van der Waals surface area contributed by atoms with Gasteiger partial charge in [-0.25, -0.2) is 4.68 Å². The van der Waals surface area contributed by atoms with Crippen molar-refractivity contribution in [1.82, 2.24) is 9.78 Å². The lowest BCUT2D eigenvalue weighted by molar-refractivity contribution is -0.117. The summed E-state index contributed by atoms with van der Waals surface area (Å²) in [5.41, 5.74) is 0.809. The van der Waals surface area contributed by atoms with Crippen LogP contribution in [0.1, 0.15) is 32.9 Å². The first-order valence-corrected chi connectivity index (χ1v) is 6.36. The van der Waals surface area contributed by atoms with Gasteiger partial charge in [-0.3, -0.25) is 9.69 Å². The predicted molar refractivity (Wildman–Crippen MR) is 71.7 cm³/mol. The molecule has 2 rings (SSSR count). The van der Waals surface area contributed by atoms with Gasteiger partial charge in [0, 0.05) is 24.3 Å². The standard InChI is InChI=1S/C12H19N3OS/c1-8-5-10(15(13-8)12(2,3)4)14-7-9(17)6-11(14)16/h5,9,17H,6-7H2,1-4H3. The van der Waals surface area contributed by atoms with Crippen LogP contribution in [0.3, 0.4) is 0 Å². The Morgan fingerprint density at radius 1 is 1.47 bits per heavy atom. The van der Waals surface area contributed by atoms with E-state index in [0.717, 1.165) is 11.5 Å². The van der Waals surface area contributed by atoms with Crippen LogP contribution in [0.2, 0.25) is 0 Å². The largest absolute Gasteiger partial charge is 0.296 e. The Hall–Kier alpha value is -0.970. The lowest BCUT2D eigenvalue weighted by Crippen LogP contribution is -2.32. The highest BCUT2D eigenvalue weighted by Crippen LogP contribution is 2.29. The fraction of sp³-hybridized carbons (Fsp3) is 0.667. The number of aromatic nitrogens is 2. The number of rotatable bonds is 1. The smallest absolute Gasteiger partial charge is 0.229 e. The number of hydrogen-bond acceptors (Lipinski definition) is 3. The molecule has 94 valence electrons. The second-order valence-electron chi connectivity index (χ2n) is 5.59. The Bertz CT molecular complexity index is 447. The van der Waals surface area contributed by atoms with E-state index in [-0.39, 0.29) is 16.7 Å². The quantitative estimate of drug-likeness (QED) is 0.777. The van der Waals surface area contributed by atoms with Gasteiger partial charge in [0.1, 0.15) is 5.82 Å². The van der Waals surface area contributed by atoms with E-state index in [4.69, 9.17) is 0 Å². The SMILES string of the molecule is Cc1cc(N2CC(S)CC2=O)n(C(C)(C)C)n1. The molecule has 1 atom stereocenters. The van der Waals surface area contributed by atoms with Gasteiger partial charge in [-0.15, -0.1) is 0 Å². The molecule has 2 heterocycles. The number of carbonyl (C=O) groups is 1. The van der Waals surface area contributed by atoms with Crippen molar-refractivity contribution < 1.29 is 4.79 Å². The van der Waals surface area contributed by atoms with Gasteiger partial charge in [0.05, 0.1) is 11.2 Å². The fourth-order valence-electron chi connectivity index (χ4n) is 2.08. The molecule has 0 aromatic carbocycles. The topological polar surface area (TPSA) is 38.1 Å². The molecule has 0 bridgehead atoms. The Balaban J connectivity index is 2.42. The van der Waals surface area contributed by atoms with Gasteiger partial charge in [-0.2, -0.15) is 17.7 Å². The monoisotopic (exact) mass is 253 g/mol. The number of hydrogen-bond donors (Lipinski definition) is 1. The molecular weight excluding hydrogens is 234 g/mol. The van der Waals surface area contributed by atoms with Crippen LogP contribution in [0.25, 0.3) is 0 Å². The van der Waals surface area contributed by atoms with Crippen molar-refractivity contribution in [2.24, 2.45) is 0 Å². The van der Waals surface area contributed by atoms with E-state index in [9.17, 15) is 4.79 Å². The van der Waals surface area contributed by atoms with E-state index >= 15 is 0 Å². The van der Waals surface area contributed by atoms with Gasteiger partial charge in [0.2, 0.25) is 5.91 Å². The van der Waals surface area contributed by atoms with E-state index < -0.39 is 0 Å². The van der Waals surface area contributed by atoms with Crippen LogP contribution < -0.4 is 4.90 Å². The fourth-order valence-corrected chi connectivity index (χ4v) is 2.40. The molecule has 1 aromatic heterocycles. The van der Waals surface area contributed by atoms with Crippen LogP contribution in [0.4, 0.5) is 5.82 Å². The van der Waals surface area contributed by atoms with Gasteiger partial charge in [0.15, 0.2) is 0 Å². The summed E-state index contributed by atoms with van der Waals surface area (Å²) in [6.45, 7) is 8.87. The third-order valence-electron chi connectivity index (χ3n) is 2.83. The third-order valence-corrected chi connectivity index (χ3v) is 3.18. The second kappa shape index (κ2) is 4.05. The van der Waals surface area contributed by atoms with Crippen molar-refractivity contribution in [3.63, 3.8) is 0 Å². The first-order valence-electron chi connectivity index (χ1n) is 5.84. The number of nitrogens with zero attached hydrogens (tertiary/aromatic N) is 3. The van der Waals surface area contributed by atoms with Crippen LogP contribution in [0.15, 0.2) is 6.07 Å². The molecule has 1 fully saturated rings. The van der Waals surface area contributed by atoms with Crippen LogP contribution in [0, 0.1) is 6.92 Å². The number of amides is 1. The van der Waals surface area contributed by atoms with E-state index in [1.165, 1.54) is 0 Å². The predicted octanol–water partition coefficient (Wildman–Crippen LogP) is 1.98. The van der Waals surface area contributed by atoms with Crippen molar-refractivity contribution in [2.75, 3.05) is 11.4 Å². The molecule has 4 nitrogen and oxygen atoms in total. The molecule has 0 saturated carbocycles. The summed E-state index contributed by atoms with van der Waals surface area (Å²) in [6.07, 6.45) is 0.511. The molecule has 1 unspecified atom stereocenters. The van der Waals surface area contributed by atoms with E-state index in [1.54, 1.807) is 4.90 Å². The molecule has 1 amide bonds. The minimum absolute atomic E-state index is 0.126. The van der Waals surface area contributed by atoms with Crippen LogP contribution >= 0.6 is 12.6 Å². The maximum Gasteiger partial charge on any atom is 0.229 e. The molecule has 1 aliphatic heterocycles. The molecule has 17 heavy (non-hydrogen) atoms. The number of carbonyl (C=O) groups excluding carboxylic acids is 1. The summed E-state index contributed by atoms with van der Waals surface area (Å²) in [5.74, 6) is 1.02. The average Bonchev–Trinajstić information content (AvgIpc) is 2.68. The van der Waals surface area contributed by atoms with Gasteiger partial charge in [0.25, 0.3) is 0 Å².